The number of fused-ring (bicyclic) bond motifs is 9. The average molecular weight is 636 g/mol. The Morgan fingerprint density at radius 1 is 0.551 bits per heavy atom. The SMILES string of the molecule is CC1C2CC3C[C@@H]1CC(c1nc(-c4ccccc4)nc(-c4cccc5c4Oc4ccccc4C54c5ccccc5-c5ccccc54)n1)(C3)C2. The molecule has 6 aliphatic rings. The summed E-state index contributed by atoms with van der Waals surface area (Å²) < 4.78 is 7.03. The van der Waals surface area contributed by atoms with E-state index < -0.39 is 5.41 Å². The lowest BCUT2D eigenvalue weighted by Crippen LogP contribution is -2.53. The first-order chi connectivity index (χ1) is 24.1. The predicted molar refractivity (Wildman–Crippen MR) is 192 cm³/mol. The number of benzene rings is 5. The van der Waals surface area contributed by atoms with E-state index in [1.54, 1.807) is 0 Å². The third-order valence-corrected chi connectivity index (χ3v) is 13.0. The number of nitrogens with zero attached hydrogens (tertiary/aromatic N) is 3. The van der Waals surface area contributed by atoms with Gasteiger partial charge in [-0.1, -0.05) is 116 Å². The summed E-state index contributed by atoms with van der Waals surface area (Å²) in [4.78, 5) is 16.2. The van der Waals surface area contributed by atoms with Gasteiger partial charge in [-0.3, -0.25) is 0 Å². The van der Waals surface area contributed by atoms with Gasteiger partial charge in [0.05, 0.1) is 11.0 Å². The maximum absolute atomic E-state index is 7.03. The van der Waals surface area contributed by atoms with Crippen LogP contribution in [0.1, 0.15) is 67.1 Å². The van der Waals surface area contributed by atoms with Gasteiger partial charge in [-0.15, -0.1) is 0 Å². The van der Waals surface area contributed by atoms with Gasteiger partial charge in [-0.05, 0) is 90.2 Å². The van der Waals surface area contributed by atoms with Gasteiger partial charge in [0.25, 0.3) is 0 Å². The van der Waals surface area contributed by atoms with E-state index >= 15 is 0 Å². The number of rotatable bonds is 3. The molecule has 1 spiro atoms. The van der Waals surface area contributed by atoms with E-state index in [4.69, 9.17) is 19.7 Å². The number of aromatic nitrogens is 3. The second-order valence-electron chi connectivity index (χ2n) is 15.4. The van der Waals surface area contributed by atoms with Crippen molar-refractivity contribution in [1.29, 1.82) is 0 Å². The van der Waals surface area contributed by atoms with Gasteiger partial charge in [0.1, 0.15) is 17.3 Å². The minimum absolute atomic E-state index is 0.0110. The Morgan fingerprint density at radius 3 is 1.88 bits per heavy atom. The molecule has 4 nitrogen and oxygen atoms in total. The number of para-hydroxylation sites is 2. The smallest absolute Gasteiger partial charge is 0.167 e. The molecular formula is C45H37N3O. The van der Waals surface area contributed by atoms with E-state index in [0.29, 0.717) is 5.82 Å². The number of ether oxygens (including phenoxy) is 1. The minimum Gasteiger partial charge on any atom is -0.456 e. The fourth-order valence-corrected chi connectivity index (χ4v) is 11.1. The molecule has 2 heterocycles. The van der Waals surface area contributed by atoms with E-state index in [9.17, 15) is 0 Å². The zero-order valence-electron chi connectivity index (χ0n) is 27.6. The van der Waals surface area contributed by atoms with Crippen LogP contribution < -0.4 is 4.74 Å². The molecule has 4 unspecified atom stereocenters. The Hall–Kier alpha value is -5.09. The lowest BCUT2D eigenvalue weighted by molar-refractivity contribution is -0.0522. The highest BCUT2D eigenvalue weighted by molar-refractivity contribution is 5.89. The first-order valence-electron chi connectivity index (χ1n) is 18.0. The van der Waals surface area contributed by atoms with Crippen LogP contribution in [0.3, 0.4) is 0 Å². The van der Waals surface area contributed by atoms with Crippen molar-refractivity contribution >= 4 is 0 Å². The molecule has 12 rings (SSSR count). The molecule has 6 aromatic rings. The van der Waals surface area contributed by atoms with Gasteiger partial charge < -0.3 is 4.74 Å². The van der Waals surface area contributed by atoms with E-state index in [-0.39, 0.29) is 5.41 Å². The molecule has 5 atom stereocenters. The molecule has 4 fully saturated rings. The highest BCUT2D eigenvalue weighted by atomic mass is 16.5. The van der Waals surface area contributed by atoms with Crippen LogP contribution in [0.2, 0.25) is 0 Å². The normalized spacial score (nSPS) is 26.1. The van der Waals surface area contributed by atoms with Gasteiger partial charge in [0.2, 0.25) is 0 Å². The number of hydrogen-bond donors (Lipinski definition) is 0. The fraction of sp³-hybridized carbons (Fsp3) is 0.267. The van der Waals surface area contributed by atoms with E-state index in [0.717, 1.165) is 63.5 Å². The summed E-state index contributed by atoms with van der Waals surface area (Å²) in [6.07, 6.45) is 6.30. The van der Waals surface area contributed by atoms with Crippen LogP contribution in [0, 0.1) is 23.7 Å². The van der Waals surface area contributed by atoms with Crippen LogP contribution in [0.4, 0.5) is 0 Å². The topological polar surface area (TPSA) is 47.9 Å². The van der Waals surface area contributed by atoms with Crippen molar-refractivity contribution in [2.75, 3.05) is 0 Å². The lowest BCUT2D eigenvalue weighted by atomic mass is 9.46. The molecule has 5 aromatic carbocycles. The molecule has 5 aliphatic carbocycles. The maximum atomic E-state index is 7.03. The van der Waals surface area contributed by atoms with Crippen LogP contribution in [0.5, 0.6) is 11.5 Å². The Kier molecular flexibility index (Phi) is 5.67. The van der Waals surface area contributed by atoms with Crippen molar-refractivity contribution in [1.82, 2.24) is 15.0 Å². The molecule has 1 aliphatic heterocycles. The Morgan fingerprint density at radius 2 is 1.14 bits per heavy atom. The zero-order valence-corrected chi connectivity index (χ0v) is 27.6. The van der Waals surface area contributed by atoms with E-state index in [1.165, 1.54) is 59.9 Å². The molecule has 0 amide bonds. The lowest BCUT2D eigenvalue weighted by Gasteiger charge is -2.59. The third kappa shape index (κ3) is 3.72. The number of hydrogen-bond acceptors (Lipinski definition) is 4. The molecule has 0 saturated heterocycles. The van der Waals surface area contributed by atoms with Crippen molar-refractivity contribution in [2.24, 2.45) is 23.7 Å². The predicted octanol–water partition coefficient (Wildman–Crippen LogP) is 10.4. The minimum atomic E-state index is -0.526. The standard InChI is InChI=1S/C45H37N3O/c1-27-30-22-28-23-31(27)26-44(24-28,25-30)43-47-41(29-12-3-2-4-13-29)46-42(48-43)34-16-11-20-38-40(34)49-39-21-10-9-19-37(39)45(38)35-17-7-5-14-32(35)33-15-6-8-18-36(33)45/h2-21,27-28,30-31H,22-26H2,1H3/t27?,28?,30-,31?,44?/m1/s1. The fourth-order valence-electron chi connectivity index (χ4n) is 11.1. The second kappa shape index (κ2) is 9.98. The molecule has 0 N–H and O–H groups in total. The van der Waals surface area contributed by atoms with Gasteiger partial charge in [0.15, 0.2) is 11.6 Å². The van der Waals surface area contributed by atoms with Crippen molar-refractivity contribution in [2.45, 2.75) is 49.9 Å². The highest BCUT2D eigenvalue weighted by Gasteiger charge is 2.56. The van der Waals surface area contributed by atoms with Gasteiger partial charge in [-0.2, -0.15) is 0 Å². The van der Waals surface area contributed by atoms with Crippen LogP contribution in [0.15, 0.2) is 121 Å². The van der Waals surface area contributed by atoms with Crippen molar-refractivity contribution in [3.8, 4) is 45.4 Å². The maximum Gasteiger partial charge on any atom is 0.167 e. The molecule has 49 heavy (non-hydrogen) atoms. The summed E-state index contributed by atoms with van der Waals surface area (Å²) in [5, 5.41) is 0. The summed E-state index contributed by atoms with van der Waals surface area (Å²) >= 11 is 0. The van der Waals surface area contributed by atoms with Gasteiger partial charge in [0, 0.05) is 22.1 Å². The van der Waals surface area contributed by atoms with E-state index in [2.05, 4.69) is 128 Å². The highest BCUT2D eigenvalue weighted by Crippen LogP contribution is 2.64. The quantitative estimate of drug-likeness (QED) is 0.194. The van der Waals surface area contributed by atoms with Gasteiger partial charge >= 0.3 is 0 Å². The summed E-state index contributed by atoms with van der Waals surface area (Å²) in [7, 11) is 0. The average Bonchev–Trinajstić information content (AvgIpc) is 3.44. The van der Waals surface area contributed by atoms with E-state index in [1.807, 2.05) is 0 Å². The first-order valence-corrected chi connectivity index (χ1v) is 18.0. The van der Waals surface area contributed by atoms with Crippen LogP contribution in [-0.4, -0.2) is 15.0 Å². The molecule has 238 valence electrons. The second-order valence-corrected chi connectivity index (χ2v) is 15.4. The Balaban J connectivity index is 1.17. The summed E-state index contributed by atoms with van der Waals surface area (Å²) in [5.74, 6) is 7.26. The zero-order chi connectivity index (χ0) is 32.3. The molecule has 4 heteroatoms. The molecular weight excluding hydrogens is 599 g/mol. The van der Waals surface area contributed by atoms with Crippen molar-refractivity contribution in [3.63, 3.8) is 0 Å². The van der Waals surface area contributed by atoms with Crippen LogP contribution in [-0.2, 0) is 10.8 Å². The summed E-state index contributed by atoms with van der Waals surface area (Å²) in [6.45, 7) is 2.50. The first kappa shape index (κ1) is 27.8. The Labute approximate surface area is 287 Å². The monoisotopic (exact) mass is 635 g/mol. The molecule has 4 saturated carbocycles. The summed E-state index contributed by atoms with van der Waals surface area (Å²) in [6, 6.07) is 43.4. The summed E-state index contributed by atoms with van der Waals surface area (Å²) in [5.41, 5.74) is 8.85. The largest absolute Gasteiger partial charge is 0.456 e. The molecule has 1 aromatic heterocycles. The third-order valence-electron chi connectivity index (χ3n) is 13.0. The van der Waals surface area contributed by atoms with Crippen LogP contribution in [0.25, 0.3) is 33.9 Å². The Bertz CT molecular complexity index is 2250. The van der Waals surface area contributed by atoms with Crippen LogP contribution >= 0.6 is 0 Å². The van der Waals surface area contributed by atoms with Gasteiger partial charge in [-0.25, -0.2) is 15.0 Å². The molecule has 4 bridgehead atoms. The van der Waals surface area contributed by atoms with Crippen molar-refractivity contribution in [3.05, 3.63) is 149 Å². The molecule has 0 radical (unpaired) electrons. The van der Waals surface area contributed by atoms with Crippen molar-refractivity contribution < 1.29 is 4.74 Å².